The second-order valence-corrected chi connectivity index (χ2v) is 5.37. The molecule has 3 N–H and O–H groups in total. The minimum absolute atomic E-state index is 0.118. The molecule has 2 rings (SSSR count). The number of carbonyl (C=O) groups is 1. The fraction of sp³-hybridized carbons (Fsp3) is 0.533. The first-order valence-electron chi connectivity index (χ1n) is 7.29. The van der Waals surface area contributed by atoms with Gasteiger partial charge in [-0.1, -0.05) is 6.42 Å². The molecule has 0 aromatic heterocycles. The van der Waals surface area contributed by atoms with E-state index in [0.29, 0.717) is 12.6 Å². The topological polar surface area (TPSA) is 58.4 Å². The van der Waals surface area contributed by atoms with Crippen LogP contribution in [0.25, 0.3) is 0 Å². The summed E-state index contributed by atoms with van der Waals surface area (Å²) in [5, 5.41) is 2.43. The fourth-order valence-corrected chi connectivity index (χ4v) is 2.75. The molecule has 1 amide bonds. The van der Waals surface area contributed by atoms with E-state index in [2.05, 4.69) is 10.2 Å². The van der Waals surface area contributed by atoms with Crippen LogP contribution in [-0.2, 0) is 4.79 Å². The zero-order valence-corrected chi connectivity index (χ0v) is 11.9. The second-order valence-electron chi connectivity index (χ2n) is 5.37. The highest BCUT2D eigenvalue weighted by Gasteiger charge is 2.23. The summed E-state index contributed by atoms with van der Waals surface area (Å²) in [6.07, 6.45) is 4.06. The summed E-state index contributed by atoms with van der Waals surface area (Å²) in [5.74, 6) is -1.55. The summed E-state index contributed by atoms with van der Waals surface area (Å²) >= 11 is 0. The van der Waals surface area contributed by atoms with Gasteiger partial charge in [0.2, 0.25) is 5.91 Å². The van der Waals surface area contributed by atoms with E-state index >= 15 is 0 Å². The molecule has 0 saturated carbocycles. The highest BCUT2D eigenvalue weighted by atomic mass is 19.1. The van der Waals surface area contributed by atoms with Crippen molar-refractivity contribution >= 4 is 11.6 Å². The van der Waals surface area contributed by atoms with Crippen molar-refractivity contribution in [1.82, 2.24) is 4.90 Å². The zero-order valence-electron chi connectivity index (χ0n) is 11.9. The molecule has 0 bridgehead atoms. The van der Waals surface area contributed by atoms with Gasteiger partial charge in [0.05, 0.1) is 12.2 Å². The number of carbonyl (C=O) groups excluding carboxylic acids is 1. The first-order chi connectivity index (χ1) is 10.1. The van der Waals surface area contributed by atoms with Gasteiger partial charge >= 0.3 is 0 Å². The number of benzene rings is 1. The number of nitrogens with zero attached hydrogens (tertiary/aromatic N) is 1. The lowest BCUT2D eigenvalue weighted by Gasteiger charge is -2.35. The van der Waals surface area contributed by atoms with E-state index in [1.807, 2.05) is 0 Å². The largest absolute Gasteiger partial charge is 0.330 e. The van der Waals surface area contributed by atoms with Gasteiger partial charge in [0, 0.05) is 12.1 Å². The first kappa shape index (κ1) is 15.9. The maximum Gasteiger partial charge on any atom is 0.238 e. The summed E-state index contributed by atoms with van der Waals surface area (Å²) in [6.45, 7) is 1.60. The molecule has 1 aliphatic rings. The molecule has 1 heterocycles. The molecule has 21 heavy (non-hydrogen) atoms. The number of hydrogen-bond acceptors (Lipinski definition) is 3. The maximum atomic E-state index is 13.5. The Bertz CT molecular complexity index is 494. The minimum atomic E-state index is -0.637. The van der Waals surface area contributed by atoms with Crippen LogP contribution in [0.1, 0.15) is 25.7 Å². The van der Waals surface area contributed by atoms with Crippen molar-refractivity contribution < 1.29 is 13.6 Å². The maximum absolute atomic E-state index is 13.5. The number of anilines is 1. The lowest BCUT2D eigenvalue weighted by Crippen LogP contribution is -2.44. The second kappa shape index (κ2) is 7.47. The van der Waals surface area contributed by atoms with E-state index in [4.69, 9.17) is 5.73 Å². The van der Waals surface area contributed by atoms with Gasteiger partial charge in [0.1, 0.15) is 11.6 Å². The third kappa shape index (κ3) is 4.47. The molecule has 1 fully saturated rings. The van der Waals surface area contributed by atoms with Crippen LogP contribution in [0, 0.1) is 11.6 Å². The standard InChI is InChI=1S/C15H21F2N3O/c16-11-4-5-13(17)14(9-11)19-15(21)10-20-8-2-1-3-12(20)6-7-18/h4-5,9,12H,1-3,6-8,10,18H2,(H,19,21). The van der Waals surface area contributed by atoms with Crippen LogP contribution >= 0.6 is 0 Å². The third-order valence-corrected chi connectivity index (χ3v) is 3.80. The lowest BCUT2D eigenvalue weighted by molar-refractivity contribution is -0.118. The number of piperidine rings is 1. The SMILES string of the molecule is NCCC1CCCCN1CC(=O)Nc1cc(F)ccc1F. The number of likely N-dealkylation sites (tertiary alicyclic amines) is 1. The van der Waals surface area contributed by atoms with Gasteiger partial charge in [0.15, 0.2) is 0 Å². The van der Waals surface area contributed by atoms with Gasteiger partial charge in [-0.05, 0) is 44.5 Å². The summed E-state index contributed by atoms with van der Waals surface area (Å²) in [6, 6.07) is 3.31. The summed E-state index contributed by atoms with van der Waals surface area (Å²) in [7, 11) is 0. The van der Waals surface area contributed by atoms with E-state index in [-0.39, 0.29) is 18.1 Å². The van der Waals surface area contributed by atoms with Crippen molar-refractivity contribution in [1.29, 1.82) is 0 Å². The molecule has 1 aromatic rings. The van der Waals surface area contributed by atoms with Crippen molar-refractivity contribution in [3.8, 4) is 0 Å². The van der Waals surface area contributed by atoms with Crippen molar-refractivity contribution in [2.45, 2.75) is 31.7 Å². The van der Waals surface area contributed by atoms with Crippen molar-refractivity contribution in [3.05, 3.63) is 29.8 Å². The molecule has 0 aliphatic carbocycles. The summed E-state index contributed by atoms with van der Waals surface area (Å²) < 4.78 is 26.6. The summed E-state index contributed by atoms with van der Waals surface area (Å²) in [4.78, 5) is 14.1. The van der Waals surface area contributed by atoms with Gasteiger partial charge in [-0.25, -0.2) is 8.78 Å². The quantitative estimate of drug-likeness (QED) is 0.875. The number of nitrogens with two attached hydrogens (primary N) is 1. The van der Waals surface area contributed by atoms with Crippen molar-refractivity contribution in [3.63, 3.8) is 0 Å². The predicted octanol–water partition coefficient (Wildman–Crippen LogP) is 2.11. The van der Waals surface area contributed by atoms with Gasteiger partial charge in [-0.3, -0.25) is 9.69 Å². The molecule has 6 heteroatoms. The van der Waals surface area contributed by atoms with Crippen LogP contribution in [0.2, 0.25) is 0 Å². The molecule has 1 aromatic carbocycles. The van der Waals surface area contributed by atoms with Gasteiger partial charge in [-0.15, -0.1) is 0 Å². The molecule has 1 unspecified atom stereocenters. The minimum Gasteiger partial charge on any atom is -0.330 e. The predicted molar refractivity (Wildman–Crippen MR) is 77.9 cm³/mol. The average Bonchev–Trinajstić information content (AvgIpc) is 2.45. The van der Waals surface area contributed by atoms with Gasteiger partial charge < -0.3 is 11.1 Å². The molecular weight excluding hydrogens is 276 g/mol. The van der Waals surface area contributed by atoms with E-state index < -0.39 is 11.6 Å². The molecule has 1 saturated heterocycles. The Labute approximate surface area is 123 Å². The van der Waals surface area contributed by atoms with E-state index in [1.54, 1.807) is 0 Å². The Kier molecular flexibility index (Phi) is 5.64. The highest BCUT2D eigenvalue weighted by molar-refractivity contribution is 5.92. The number of amides is 1. The Morgan fingerprint density at radius 3 is 2.95 bits per heavy atom. The zero-order chi connectivity index (χ0) is 15.2. The smallest absolute Gasteiger partial charge is 0.238 e. The van der Waals surface area contributed by atoms with Crippen LogP contribution in [0.15, 0.2) is 18.2 Å². The molecule has 1 atom stereocenters. The molecular formula is C15H21F2N3O. The van der Waals surface area contributed by atoms with E-state index in [9.17, 15) is 13.6 Å². The number of halogens is 2. The third-order valence-electron chi connectivity index (χ3n) is 3.80. The Morgan fingerprint density at radius 2 is 2.19 bits per heavy atom. The molecule has 0 radical (unpaired) electrons. The van der Waals surface area contributed by atoms with Crippen LogP contribution in [0.5, 0.6) is 0 Å². The molecule has 4 nitrogen and oxygen atoms in total. The highest BCUT2D eigenvalue weighted by Crippen LogP contribution is 2.20. The van der Waals surface area contributed by atoms with Crippen molar-refractivity contribution in [2.75, 3.05) is 25.0 Å². The molecule has 0 spiro atoms. The monoisotopic (exact) mass is 297 g/mol. The number of nitrogens with one attached hydrogen (secondary N) is 1. The number of hydrogen-bond donors (Lipinski definition) is 2. The average molecular weight is 297 g/mol. The van der Waals surface area contributed by atoms with Crippen LogP contribution in [0.3, 0.4) is 0 Å². The van der Waals surface area contributed by atoms with Crippen LogP contribution in [0.4, 0.5) is 14.5 Å². The lowest BCUT2D eigenvalue weighted by atomic mass is 9.99. The van der Waals surface area contributed by atoms with Crippen molar-refractivity contribution in [2.24, 2.45) is 5.73 Å². The molecule has 1 aliphatic heterocycles. The Morgan fingerprint density at radius 1 is 1.38 bits per heavy atom. The summed E-state index contributed by atoms with van der Waals surface area (Å²) in [5.41, 5.74) is 5.48. The van der Waals surface area contributed by atoms with Gasteiger partial charge in [0.25, 0.3) is 0 Å². The van der Waals surface area contributed by atoms with E-state index in [1.165, 1.54) is 0 Å². The van der Waals surface area contributed by atoms with E-state index in [0.717, 1.165) is 50.4 Å². The van der Waals surface area contributed by atoms with Gasteiger partial charge in [-0.2, -0.15) is 0 Å². The fourth-order valence-electron chi connectivity index (χ4n) is 2.75. The Hall–Kier alpha value is -1.53. The molecule has 116 valence electrons. The first-order valence-corrected chi connectivity index (χ1v) is 7.29. The normalized spacial score (nSPS) is 19.5. The number of rotatable bonds is 5. The van der Waals surface area contributed by atoms with Crippen LogP contribution in [-0.4, -0.2) is 36.5 Å². The Balaban J connectivity index is 1.95. The van der Waals surface area contributed by atoms with Crippen LogP contribution < -0.4 is 11.1 Å².